The van der Waals surface area contributed by atoms with Gasteiger partial charge >= 0.3 is 5.97 Å². The molecule has 0 aromatic rings. The number of hydrogen-bond donors (Lipinski definition) is 3. The molecule has 14 heavy (non-hydrogen) atoms. The van der Waals surface area contributed by atoms with Crippen LogP contribution in [-0.2, 0) is 4.79 Å². The van der Waals surface area contributed by atoms with Crippen molar-refractivity contribution in [3.8, 4) is 0 Å². The molecule has 2 aliphatic rings. The Hall–Kier alpha value is -0.530. The van der Waals surface area contributed by atoms with Gasteiger partial charge in [0.1, 0.15) is 6.17 Å². The molecular formula is C7H9BrFN3O2. The molecule has 1 saturated heterocycles. The molecule has 1 fully saturated rings. The van der Waals surface area contributed by atoms with E-state index in [4.69, 9.17) is 5.11 Å². The average Bonchev–Trinajstić information content (AvgIpc) is 2.47. The van der Waals surface area contributed by atoms with E-state index in [1.807, 2.05) is 0 Å². The van der Waals surface area contributed by atoms with Crippen LogP contribution in [-0.4, -0.2) is 40.5 Å². The molecule has 0 radical (unpaired) electrons. The van der Waals surface area contributed by atoms with Crippen LogP contribution in [0.25, 0.3) is 0 Å². The van der Waals surface area contributed by atoms with Crippen LogP contribution in [0.5, 0.6) is 0 Å². The molecule has 0 aromatic heterocycles. The fourth-order valence-corrected chi connectivity index (χ4v) is 2.50. The number of fused-ring (bicyclic) bond motifs is 1. The molecule has 0 saturated carbocycles. The van der Waals surface area contributed by atoms with Gasteiger partial charge in [-0.2, -0.15) is 0 Å². The first-order valence-electron chi connectivity index (χ1n) is 4.14. The second kappa shape index (κ2) is 3.25. The number of carboxylic acid groups (broad SMARTS) is 1. The topological polar surface area (TPSA) is 73.7 Å². The number of alkyl halides is 2. The molecular weight excluding hydrogens is 257 g/mol. The SMILES string of the molecule is O=C(O)C1(Br)NNC2CN=CC(F)C21. The van der Waals surface area contributed by atoms with Crippen LogP contribution in [0.3, 0.4) is 0 Å². The summed E-state index contributed by atoms with van der Waals surface area (Å²) in [5.41, 5.74) is 5.28. The molecule has 5 nitrogen and oxygen atoms in total. The zero-order valence-electron chi connectivity index (χ0n) is 7.08. The molecule has 0 spiro atoms. The summed E-state index contributed by atoms with van der Waals surface area (Å²) in [4.78, 5) is 14.8. The van der Waals surface area contributed by atoms with Crippen molar-refractivity contribution in [2.24, 2.45) is 10.9 Å². The predicted molar refractivity (Wildman–Crippen MR) is 51.1 cm³/mol. The maximum atomic E-state index is 13.5. The number of aliphatic carboxylic acids is 1. The standard InChI is InChI=1S/C7H9BrFN3O2/c8-7(6(13)14)5-3(9)1-10-2-4(5)11-12-7/h1,3-5,11-12H,2H2,(H,13,14). The van der Waals surface area contributed by atoms with Gasteiger partial charge in [0, 0.05) is 6.21 Å². The number of carboxylic acids is 1. The maximum absolute atomic E-state index is 13.5. The van der Waals surface area contributed by atoms with Gasteiger partial charge in [0.05, 0.1) is 18.5 Å². The Morgan fingerprint density at radius 1 is 1.79 bits per heavy atom. The van der Waals surface area contributed by atoms with Crippen LogP contribution >= 0.6 is 15.9 Å². The lowest BCUT2D eigenvalue weighted by atomic mass is 9.88. The van der Waals surface area contributed by atoms with E-state index in [0.29, 0.717) is 6.54 Å². The minimum absolute atomic E-state index is 0.287. The molecule has 7 heteroatoms. The van der Waals surface area contributed by atoms with Crippen LogP contribution in [0.15, 0.2) is 4.99 Å². The maximum Gasteiger partial charge on any atom is 0.336 e. The summed E-state index contributed by atoms with van der Waals surface area (Å²) in [7, 11) is 0. The second-order valence-corrected chi connectivity index (χ2v) is 4.63. The van der Waals surface area contributed by atoms with Crippen LogP contribution in [0, 0.1) is 5.92 Å². The van der Waals surface area contributed by atoms with E-state index in [2.05, 4.69) is 31.8 Å². The fourth-order valence-electron chi connectivity index (χ4n) is 1.81. The number of aliphatic imine (C=N–C) groups is 1. The highest BCUT2D eigenvalue weighted by molar-refractivity contribution is 9.10. The summed E-state index contributed by atoms with van der Waals surface area (Å²) >= 11 is 3.02. The summed E-state index contributed by atoms with van der Waals surface area (Å²) in [5, 5.41) is 8.97. The molecule has 2 rings (SSSR count). The van der Waals surface area contributed by atoms with Gasteiger partial charge in [-0.25, -0.2) is 14.6 Å². The van der Waals surface area contributed by atoms with Gasteiger partial charge in [0.2, 0.25) is 0 Å². The van der Waals surface area contributed by atoms with E-state index in [1.54, 1.807) is 0 Å². The smallest absolute Gasteiger partial charge is 0.336 e. The predicted octanol–water partition coefficient (Wildman–Crippen LogP) is -0.323. The lowest BCUT2D eigenvalue weighted by Gasteiger charge is -2.29. The molecule has 0 amide bonds. The number of hydrazine groups is 1. The summed E-state index contributed by atoms with van der Waals surface area (Å²) in [5.74, 6) is -1.81. The van der Waals surface area contributed by atoms with Crippen molar-refractivity contribution in [2.75, 3.05) is 6.54 Å². The number of carbonyl (C=O) groups is 1. The zero-order chi connectivity index (χ0) is 10.3. The molecule has 4 atom stereocenters. The molecule has 3 N–H and O–H groups in total. The molecule has 4 unspecified atom stereocenters. The zero-order valence-corrected chi connectivity index (χ0v) is 8.66. The normalized spacial score (nSPS) is 46.3. The van der Waals surface area contributed by atoms with Crippen LogP contribution in [0.1, 0.15) is 0 Å². The van der Waals surface area contributed by atoms with Crippen molar-refractivity contribution in [1.29, 1.82) is 0 Å². The lowest BCUT2D eigenvalue weighted by Crippen LogP contribution is -2.52. The minimum atomic E-state index is -1.44. The number of nitrogens with zero attached hydrogens (tertiary/aromatic N) is 1. The Kier molecular flexibility index (Phi) is 2.32. The third-order valence-corrected chi connectivity index (χ3v) is 3.60. The monoisotopic (exact) mass is 265 g/mol. The first-order valence-corrected chi connectivity index (χ1v) is 4.94. The van der Waals surface area contributed by atoms with Crippen molar-refractivity contribution >= 4 is 28.1 Å². The molecule has 0 aromatic carbocycles. The first-order chi connectivity index (χ1) is 6.55. The van der Waals surface area contributed by atoms with E-state index in [1.165, 1.54) is 0 Å². The fraction of sp³-hybridized carbons (Fsp3) is 0.714. The van der Waals surface area contributed by atoms with Gasteiger partial charge in [-0.3, -0.25) is 10.4 Å². The average molecular weight is 266 g/mol. The van der Waals surface area contributed by atoms with Crippen molar-refractivity contribution in [1.82, 2.24) is 10.9 Å². The van der Waals surface area contributed by atoms with Gasteiger partial charge in [0.15, 0.2) is 4.45 Å². The third-order valence-electron chi connectivity index (χ3n) is 2.54. The van der Waals surface area contributed by atoms with Crippen molar-refractivity contribution in [3.63, 3.8) is 0 Å². The molecule has 2 heterocycles. The highest BCUT2D eigenvalue weighted by Gasteiger charge is 2.56. The molecule has 0 aliphatic carbocycles. The van der Waals surface area contributed by atoms with Gasteiger partial charge in [0.25, 0.3) is 0 Å². The van der Waals surface area contributed by atoms with Crippen LogP contribution in [0.4, 0.5) is 4.39 Å². The third kappa shape index (κ3) is 1.27. The number of halogens is 2. The largest absolute Gasteiger partial charge is 0.479 e. The van der Waals surface area contributed by atoms with Gasteiger partial charge in [-0.1, -0.05) is 15.9 Å². The van der Waals surface area contributed by atoms with E-state index >= 15 is 0 Å². The van der Waals surface area contributed by atoms with Gasteiger partial charge < -0.3 is 5.11 Å². The van der Waals surface area contributed by atoms with Gasteiger partial charge in [-0.15, -0.1) is 0 Å². The van der Waals surface area contributed by atoms with Crippen molar-refractivity contribution < 1.29 is 14.3 Å². The van der Waals surface area contributed by atoms with E-state index < -0.39 is 22.5 Å². The quantitative estimate of drug-likeness (QED) is 0.449. The summed E-state index contributed by atoms with van der Waals surface area (Å²) in [6, 6.07) is -0.287. The van der Waals surface area contributed by atoms with E-state index in [-0.39, 0.29) is 6.04 Å². The van der Waals surface area contributed by atoms with Crippen LogP contribution < -0.4 is 10.9 Å². The molecule has 0 bridgehead atoms. The summed E-state index contributed by atoms with van der Waals surface area (Å²) in [6.45, 7) is 0.388. The van der Waals surface area contributed by atoms with Crippen LogP contribution in [0.2, 0.25) is 0 Å². The second-order valence-electron chi connectivity index (χ2n) is 3.38. The Bertz CT molecular complexity index is 301. The Labute approximate surface area is 87.9 Å². The molecule has 78 valence electrons. The number of rotatable bonds is 1. The van der Waals surface area contributed by atoms with Crippen molar-refractivity contribution in [2.45, 2.75) is 16.7 Å². The minimum Gasteiger partial charge on any atom is -0.479 e. The number of hydrogen-bond acceptors (Lipinski definition) is 4. The summed E-state index contributed by atoms with van der Waals surface area (Å²) < 4.78 is 12.0. The van der Waals surface area contributed by atoms with Gasteiger partial charge in [-0.05, 0) is 0 Å². The summed E-state index contributed by atoms with van der Waals surface area (Å²) in [6.07, 6.45) is -0.193. The Morgan fingerprint density at radius 2 is 2.50 bits per heavy atom. The van der Waals surface area contributed by atoms with E-state index in [9.17, 15) is 9.18 Å². The Morgan fingerprint density at radius 3 is 3.14 bits per heavy atom. The van der Waals surface area contributed by atoms with Crippen molar-refractivity contribution in [3.05, 3.63) is 0 Å². The first kappa shape index (κ1) is 10.0. The van der Waals surface area contributed by atoms with E-state index in [0.717, 1.165) is 6.21 Å². The Balaban J connectivity index is 2.31. The highest BCUT2D eigenvalue weighted by atomic mass is 79.9. The highest BCUT2D eigenvalue weighted by Crippen LogP contribution is 2.36. The number of nitrogens with one attached hydrogen (secondary N) is 2. The molecule has 2 aliphatic heterocycles. The lowest BCUT2D eigenvalue weighted by molar-refractivity contribution is -0.141.